The molecule has 0 aliphatic heterocycles. The number of imidazole rings is 1. The molecule has 4 heteroatoms. The molecule has 0 bridgehead atoms. The van der Waals surface area contributed by atoms with Crippen LogP contribution in [-0.2, 0) is 11.3 Å². The molecule has 0 aromatic carbocycles. The summed E-state index contributed by atoms with van der Waals surface area (Å²) in [4.78, 5) is 19.3. The smallest absolute Gasteiger partial charge is 0.159 e. The summed E-state index contributed by atoms with van der Waals surface area (Å²) < 4.78 is 1.98. The molecular formula is C11H13N3O. The summed E-state index contributed by atoms with van der Waals surface area (Å²) in [6.07, 6.45) is 4.99. The Morgan fingerprint density at radius 3 is 3.13 bits per heavy atom. The summed E-state index contributed by atoms with van der Waals surface area (Å²) in [6.45, 7) is 2.41. The number of Topliss-reactive ketones (excluding diaryl/α,β-unsaturated/α-hetero) is 1. The van der Waals surface area contributed by atoms with Crippen molar-refractivity contribution in [2.45, 2.75) is 26.3 Å². The van der Waals surface area contributed by atoms with Crippen molar-refractivity contribution in [1.82, 2.24) is 14.5 Å². The van der Waals surface area contributed by atoms with Gasteiger partial charge in [0.15, 0.2) is 5.65 Å². The van der Waals surface area contributed by atoms with Gasteiger partial charge in [0.05, 0.1) is 6.33 Å². The number of aromatic nitrogens is 3. The number of aryl methyl sites for hydroxylation is 1. The second-order valence-corrected chi connectivity index (χ2v) is 3.59. The number of fused-ring (bicyclic) bond motifs is 1. The maximum atomic E-state index is 10.8. The molecule has 0 saturated carbocycles. The van der Waals surface area contributed by atoms with Gasteiger partial charge in [-0.15, -0.1) is 0 Å². The van der Waals surface area contributed by atoms with Gasteiger partial charge in [-0.2, -0.15) is 0 Å². The molecule has 0 aliphatic rings. The minimum Gasteiger partial charge on any atom is -0.315 e. The molecule has 0 amide bonds. The Morgan fingerprint density at radius 1 is 1.47 bits per heavy atom. The van der Waals surface area contributed by atoms with Gasteiger partial charge in [0, 0.05) is 19.2 Å². The number of carbonyl (C=O) groups is 1. The highest BCUT2D eigenvalue weighted by atomic mass is 16.1. The maximum Gasteiger partial charge on any atom is 0.159 e. The highest BCUT2D eigenvalue weighted by molar-refractivity contribution is 5.75. The van der Waals surface area contributed by atoms with Crippen LogP contribution in [0.3, 0.4) is 0 Å². The number of hydrogen-bond donors (Lipinski definition) is 0. The zero-order valence-corrected chi connectivity index (χ0v) is 8.68. The minimum absolute atomic E-state index is 0.229. The highest BCUT2D eigenvalue weighted by Crippen LogP contribution is 2.09. The van der Waals surface area contributed by atoms with E-state index in [1.165, 1.54) is 0 Å². The fourth-order valence-corrected chi connectivity index (χ4v) is 1.56. The van der Waals surface area contributed by atoms with Crippen LogP contribution in [0.25, 0.3) is 11.2 Å². The van der Waals surface area contributed by atoms with E-state index >= 15 is 0 Å². The van der Waals surface area contributed by atoms with Crippen molar-refractivity contribution in [2.24, 2.45) is 0 Å². The minimum atomic E-state index is 0.229. The van der Waals surface area contributed by atoms with Crippen LogP contribution in [0, 0.1) is 0 Å². The van der Waals surface area contributed by atoms with Crippen LogP contribution in [0.15, 0.2) is 24.7 Å². The van der Waals surface area contributed by atoms with E-state index in [4.69, 9.17) is 0 Å². The van der Waals surface area contributed by atoms with Gasteiger partial charge in [0.2, 0.25) is 0 Å². The van der Waals surface area contributed by atoms with Gasteiger partial charge in [0.1, 0.15) is 11.3 Å². The van der Waals surface area contributed by atoms with Gasteiger partial charge in [0.25, 0.3) is 0 Å². The summed E-state index contributed by atoms with van der Waals surface area (Å²) >= 11 is 0. The highest BCUT2D eigenvalue weighted by Gasteiger charge is 2.02. The second-order valence-electron chi connectivity index (χ2n) is 3.59. The molecule has 0 N–H and O–H groups in total. The van der Waals surface area contributed by atoms with Gasteiger partial charge in [-0.3, -0.25) is 0 Å². The summed E-state index contributed by atoms with van der Waals surface area (Å²) in [5.74, 6) is 0.229. The summed E-state index contributed by atoms with van der Waals surface area (Å²) in [7, 11) is 0. The molecule has 0 aliphatic carbocycles. The van der Waals surface area contributed by atoms with Crippen LogP contribution in [0.1, 0.15) is 19.8 Å². The van der Waals surface area contributed by atoms with Gasteiger partial charge >= 0.3 is 0 Å². The third-order valence-corrected chi connectivity index (χ3v) is 2.30. The maximum absolute atomic E-state index is 10.8. The first kappa shape index (κ1) is 9.83. The Balaban J connectivity index is 2.11. The van der Waals surface area contributed by atoms with Crippen LogP contribution in [0.5, 0.6) is 0 Å². The first-order valence-corrected chi connectivity index (χ1v) is 5.02. The predicted octanol–water partition coefficient (Wildman–Crippen LogP) is 1.80. The summed E-state index contributed by atoms with van der Waals surface area (Å²) in [6, 6.07) is 3.80. The molecule has 15 heavy (non-hydrogen) atoms. The number of carbonyl (C=O) groups excluding carboxylic acids is 1. The van der Waals surface area contributed by atoms with Crippen molar-refractivity contribution in [2.75, 3.05) is 0 Å². The molecule has 0 saturated heterocycles. The number of hydrogen-bond acceptors (Lipinski definition) is 3. The molecule has 0 atom stereocenters. The molecule has 2 aromatic rings. The molecule has 4 nitrogen and oxygen atoms in total. The molecule has 0 spiro atoms. The van der Waals surface area contributed by atoms with Gasteiger partial charge in [-0.05, 0) is 25.5 Å². The molecule has 0 radical (unpaired) electrons. The van der Waals surface area contributed by atoms with Gasteiger partial charge in [-0.25, -0.2) is 9.97 Å². The Morgan fingerprint density at radius 2 is 2.33 bits per heavy atom. The molecule has 0 fully saturated rings. The van der Waals surface area contributed by atoms with Crippen LogP contribution in [-0.4, -0.2) is 20.3 Å². The molecule has 2 heterocycles. The lowest BCUT2D eigenvalue weighted by molar-refractivity contribution is -0.117. The van der Waals surface area contributed by atoms with Crippen molar-refractivity contribution in [3.05, 3.63) is 24.7 Å². The monoisotopic (exact) mass is 203 g/mol. The fourth-order valence-electron chi connectivity index (χ4n) is 1.56. The van der Waals surface area contributed by atoms with E-state index in [1.807, 2.05) is 16.7 Å². The summed E-state index contributed by atoms with van der Waals surface area (Å²) in [5, 5.41) is 0. The second kappa shape index (κ2) is 4.21. The van der Waals surface area contributed by atoms with Crippen molar-refractivity contribution in [3.63, 3.8) is 0 Å². The Hall–Kier alpha value is -1.71. The molecular weight excluding hydrogens is 190 g/mol. The average Bonchev–Trinajstić information content (AvgIpc) is 2.62. The third-order valence-electron chi connectivity index (χ3n) is 2.30. The van der Waals surface area contributed by atoms with E-state index in [2.05, 4.69) is 9.97 Å². The van der Waals surface area contributed by atoms with E-state index in [0.29, 0.717) is 6.42 Å². The topological polar surface area (TPSA) is 47.8 Å². The van der Waals surface area contributed by atoms with Crippen molar-refractivity contribution < 1.29 is 4.79 Å². The van der Waals surface area contributed by atoms with Gasteiger partial charge in [-0.1, -0.05) is 0 Å². The fraction of sp³-hybridized carbons (Fsp3) is 0.364. The number of rotatable bonds is 4. The lowest BCUT2D eigenvalue weighted by atomic mass is 10.2. The van der Waals surface area contributed by atoms with Crippen LogP contribution in [0.4, 0.5) is 0 Å². The predicted molar refractivity (Wildman–Crippen MR) is 57.4 cm³/mol. The SMILES string of the molecule is CC(=O)CCCn1cnc2cccnc21. The van der Waals surface area contributed by atoms with E-state index < -0.39 is 0 Å². The lowest BCUT2D eigenvalue weighted by Gasteiger charge is -2.01. The lowest BCUT2D eigenvalue weighted by Crippen LogP contribution is -2.00. The zero-order valence-electron chi connectivity index (χ0n) is 8.68. The normalized spacial score (nSPS) is 10.7. The average molecular weight is 203 g/mol. The zero-order chi connectivity index (χ0) is 10.7. The largest absolute Gasteiger partial charge is 0.315 e. The van der Waals surface area contributed by atoms with Crippen molar-refractivity contribution >= 4 is 16.9 Å². The number of nitrogens with zero attached hydrogens (tertiary/aromatic N) is 3. The van der Waals surface area contributed by atoms with Crippen molar-refractivity contribution in [1.29, 1.82) is 0 Å². The van der Waals surface area contributed by atoms with Gasteiger partial charge < -0.3 is 9.36 Å². The first-order chi connectivity index (χ1) is 7.27. The Bertz CT molecular complexity index is 475. The van der Waals surface area contributed by atoms with Crippen LogP contribution < -0.4 is 0 Å². The molecule has 2 rings (SSSR count). The quantitative estimate of drug-likeness (QED) is 0.761. The number of pyridine rings is 1. The standard InChI is InChI=1S/C11H13N3O/c1-9(15)4-3-7-14-8-13-10-5-2-6-12-11(10)14/h2,5-6,8H,3-4,7H2,1H3. The van der Waals surface area contributed by atoms with Crippen LogP contribution >= 0.6 is 0 Å². The van der Waals surface area contributed by atoms with E-state index in [1.54, 1.807) is 19.4 Å². The summed E-state index contributed by atoms with van der Waals surface area (Å²) in [5.41, 5.74) is 1.79. The molecule has 0 unspecified atom stereocenters. The van der Waals surface area contributed by atoms with E-state index in [-0.39, 0.29) is 5.78 Å². The molecule has 2 aromatic heterocycles. The molecule has 78 valence electrons. The third kappa shape index (κ3) is 2.21. The van der Waals surface area contributed by atoms with E-state index in [0.717, 1.165) is 24.1 Å². The van der Waals surface area contributed by atoms with Crippen molar-refractivity contribution in [3.8, 4) is 0 Å². The number of ketones is 1. The van der Waals surface area contributed by atoms with Crippen LogP contribution in [0.2, 0.25) is 0 Å². The Kier molecular flexibility index (Phi) is 2.76. The van der Waals surface area contributed by atoms with E-state index in [9.17, 15) is 4.79 Å². The first-order valence-electron chi connectivity index (χ1n) is 5.02. The Labute approximate surface area is 88.0 Å².